The van der Waals surface area contributed by atoms with E-state index in [-0.39, 0.29) is 10.5 Å². The number of thioether (sulfide) groups is 1. The molecule has 0 spiro atoms. The van der Waals surface area contributed by atoms with E-state index in [0.29, 0.717) is 22.2 Å². The lowest BCUT2D eigenvalue weighted by molar-refractivity contribution is -0.113. The highest BCUT2D eigenvalue weighted by Gasteiger charge is 2.36. The summed E-state index contributed by atoms with van der Waals surface area (Å²) in [5.41, 5.74) is 2.09. The third kappa shape index (κ3) is 3.77. The Morgan fingerprint density at radius 2 is 1.93 bits per heavy atom. The van der Waals surface area contributed by atoms with Crippen LogP contribution < -0.4 is 4.90 Å². The Kier molecular flexibility index (Phi) is 5.24. The number of rotatable bonds is 4. The summed E-state index contributed by atoms with van der Waals surface area (Å²) in [6, 6.07) is 14.7. The quantitative estimate of drug-likeness (QED) is 0.513. The van der Waals surface area contributed by atoms with Gasteiger partial charge in [-0.25, -0.2) is 9.69 Å². The average Bonchev–Trinajstić information content (AvgIpc) is 3.26. The minimum Gasteiger partial charge on any atom is -0.478 e. The molecule has 1 fully saturated rings. The topological polar surface area (TPSA) is 87.8 Å². The van der Waals surface area contributed by atoms with Crippen LogP contribution in [0.3, 0.4) is 0 Å². The van der Waals surface area contributed by atoms with E-state index in [4.69, 9.17) is 21.1 Å². The summed E-state index contributed by atoms with van der Waals surface area (Å²) in [4.78, 5) is 37.5. The monoisotopic (exact) mass is 439 g/mol. The van der Waals surface area contributed by atoms with Crippen molar-refractivity contribution in [2.45, 2.75) is 6.92 Å². The molecule has 1 N–H and O–H groups in total. The minimum atomic E-state index is -1.000. The molecule has 2 heterocycles. The van der Waals surface area contributed by atoms with E-state index in [2.05, 4.69) is 0 Å². The van der Waals surface area contributed by atoms with Crippen molar-refractivity contribution < 1.29 is 23.9 Å². The van der Waals surface area contributed by atoms with Crippen molar-refractivity contribution in [1.82, 2.24) is 0 Å². The van der Waals surface area contributed by atoms with Crippen molar-refractivity contribution in [2.24, 2.45) is 0 Å². The van der Waals surface area contributed by atoms with Gasteiger partial charge in [0, 0.05) is 16.7 Å². The Bertz CT molecular complexity index is 1230. The highest BCUT2D eigenvalue weighted by molar-refractivity contribution is 8.19. The molecule has 0 unspecified atom stereocenters. The number of hydrogen-bond acceptors (Lipinski definition) is 5. The number of furan rings is 1. The first-order valence-corrected chi connectivity index (χ1v) is 10.0. The maximum atomic E-state index is 12.7. The minimum absolute atomic E-state index is 0.192. The number of carboxylic acid groups (broad SMARTS) is 1. The third-order valence-corrected chi connectivity index (χ3v) is 5.60. The molecule has 2 amide bonds. The average molecular weight is 440 g/mol. The summed E-state index contributed by atoms with van der Waals surface area (Å²) >= 11 is 6.79. The van der Waals surface area contributed by atoms with Gasteiger partial charge in [0.15, 0.2) is 0 Å². The van der Waals surface area contributed by atoms with Gasteiger partial charge in [0.05, 0.1) is 16.2 Å². The number of carbonyl (C=O) groups is 3. The van der Waals surface area contributed by atoms with Gasteiger partial charge in [-0.3, -0.25) is 9.59 Å². The Balaban J connectivity index is 1.61. The molecule has 4 rings (SSSR count). The molecule has 30 heavy (non-hydrogen) atoms. The number of benzene rings is 2. The van der Waals surface area contributed by atoms with Gasteiger partial charge < -0.3 is 9.52 Å². The number of hydrogen-bond donors (Lipinski definition) is 1. The number of nitrogens with zero attached hydrogens (tertiary/aromatic N) is 1. The summed E-state index contributed by atoms with van der Waals surface area (Å²) in [7, 11) is 0. The lowest BCUT2D eigenvalue weighted by Gasteiger charge is -2.12. The van der Waals surface area contributed by atoms with Gasteiger partial charge in [0.2, 0.25) is 0 Å². The van der Waals surface area contributed by atoms with Gasteiger partial charge in [-0.2, -0.15) is 0 Å². The summed E-state index contributed by atoms with van der Waals surface area (Å²) in [6.07, 6.45) is 1.51. The molecule has 0 aliphatic carbocycles. The molecule has 0 bridgehead atoms. The number of halogens is 1. The van der Waals surface area contributed by atoms with Crippen LogP contribution in [0.15, 0.2) is 63.9 Å². The largest absolute Gasteiger partial charge is 0.478 e. The van der Waals surface area contributed by atoms with Crippen LogP contribution in [-0.4, -0.2) is 22.2 Å². The Morgan fingerprint density at radius 1 is 1.13 bits per heavy atom. The fraction of sp³-hybridized carbons (Fsp3) is 0.0455. The van der Waals surface area contributed by atoms with Gasteiger partial charge >= 0.3 is 5.97 Å². The Morgan fingerprint density at radius 3 is 2.63 bits per heavy atom. The van der Waals surface area contributed by atoms with Crippen molar-refractivity contribution in [3.05, 3.63) is 81.4 Å². The highest BCUT2D eigenvalue weighted by atomic mass is 35.5. The Hall–Kier alpha value is -3.29. The zero-order chi connectivity index (χ0) is 21.4. The van der Waals surface area contributed by atoms with E-state index in [9.17, 15) is 14.4 Å². The number of carboxylic acids is 1. The fourth-order valence-electron chi connectivity index (χ4n) is 3.08. The molecule has 3 aromatic rings. The van der Waals surface area contributed by atoms with Crippen molar-refractivity contribution in [3.8, 4) is 11.3 Å². The van der Waals surface area contributed by atoms with Crippen LogP contribution in [0.1, 0.15) is 21.7 Å². The lowest BCUT2D eigenvalue weighted by Crippen LogP contribution is -2.27. The van der Waals surface area contributed by atoms with Gasteiger partial charge in [-0.1, -0.05) is 23.7 Å². The van der Waals surface area contributed by atoms with Gasteiger partial charge in [0.25, 0.3) is 11.1 Å². The van der Waals surface area contributed by atoms with E-state index in [1.165, 1.54) is 12.1 Å². The molecule has 0 radical (unpaired) electrons. The molecule has 8 heteroatoms. The van der Waals surface area contributed by atoms with Crippen LogP contribution >= 0.6 is 23.4 Å². The molecule has 1 aliphatic heterocycles. The second kappa shape index (κ2) is 7.85. The number of amides is 2. The van der Waals surface area contributed by atoms with E-state index >= 15 is 0 Å². The summed E-state index contributed by atoms with van der Waals surface area (Å²) < 4.78 is 5.82. The molecular formula is C22H14ClNO5S. The standard InChI is InChI=1S/C22H14ClNO5S/c1-12-9-13(21(26)27)5-7-17(12)18-8-6-16(29-18)11-19-20(25)24(22(28)30-19)15-4-2-3-14(23)10-15/h2-11H,1H3,(H,26,27)/b19-11+. The van der Waals surface area contributed by atoms with Crippen LogP contribution in [0.4, 0.5) is 10.5 Å². The molecule has 150 valence electrons. The van der Waals surface area contributed by atoms with Crippen LogP contribution in [-0.2, 0) is 4.79 Å². The van der Waals surface area contributed by atoms with Crippen molar-refractivity contribution >= 4 is 52.2 Å². The number of aryl methyl sites for hydroxylation is 1. The lowest BCUT2D eigenvalue weighted by atomic mass is 10.0. The van der Waals surface area contributed by atoms with Crippen molar-refractivity contribution in [3.63, 3.8) is 0 Å². The second-order valence-electron chi connectivity index (χ2n) is 6.53. The van der Waals surface area contributed by atoms with Crippen LogP contribution in [0, 0.1) is 6.92 Å². The molecule has 0 saturated carbocycles. The maximum absolute atomic E-state index is 12.7. The SMILES string of the molecule is Cc1cc(C(=O)O)ccc1-c1ccc(/C=C2/SC(=O)N(c3cccc(Cl)c3)C2=O)o1. The number of anilines is 1. The van der Waals surface area contributed by atoms with Crippen molar-refractivity contribution in [2.75, 3.05) is 4.90 Å². The molecule has 1 aromatic heterocycles. The predicted molar refractivity (Wildman–Crippen MR) is 116 cm³/mol. The van der Waals surface area contributed by atoms with Gasteiger partial charge in [-0.15, -0.1) is 0 Å². The molecule has 6 nitrogen and oxygen atoms in total. The Labute approximate surface area is 180 Å². The van der Waals surface area contributed by atoms with E-state index in [1.54, 1.807) is 55.5 Å². The van der Waals surface area contributed by atoms with Gasteiger partial charge in [0.1, 0.15) is 11.5 Å². The summed E-state index contributed by atoms with van der Waals surface area (Å²) in [6.45, 7) is 1.79. The normalized spacial score (nSPS) is 15.3. The van der Waals surface area contributed by atoms with E-state index in [0.717, 1.165) is 27.8 Å². The summed E-state index contributed by atoms with van der Waals surface area (Å²) in [5, 5.41) is 9.11. The first-order valence-electron chi connectivity index (χ1n) is 8.81. The molecule has 1 saturated heterocycles. The maximum Gasteiger partial charge on any atom is 0.335 e. The molecule has 2 aromatic carbocycles. The zero-order valence-corrected chi connectivity index (χ0v) is 17.2. The van der Waals surface area contributed by atoms with E-state index < -0.39 is 17.1 Å². The number of imide groups is 1. The second-order valence-corrected chi connectivity index (χ2v) is 7.96. The third-order valence-electron chi connectivity index (χ3n) is 4.50. The summed E-state index contributed by atoms with van der Waals surface area (Å²) in [5.74, 6) is -0.513. The fourth-order valence-corrected chi connectivity index (χ4v) is 4.09. The first kappa shape index (κ1) is 20.0. The molecule has 0 atom stereocenters. The van der Waals surface area contributed by atoms with Crippen molar-refractivity contribution in [1.29, 1.82) is 0 Å². The predicted octanol–water partition coefficient (Wildman–Crippen LogP) is 5.85. The number of aromatic carboxylic acids is 1. The van der Waals surface area contributed by atoms with E-state index in [1.807, 2.05) is 0 Å². The van der Waals surface area contributed by atoms with Crippen LogP contribution in [0.25, 0.3) is 17.4 Å². The zero-order valence-electron chi connectivity index (χ0n) is 15.6. The molecule has 1 aliphatic rings. The smallest absolute Gasteiger partial charge is 0.335 e. The van der Waals surface area contributed by atoms with Crippen LogP contribution in [0.5, 0.6) is 0 Å². The number of carbonyl (C=O) groups excluding carboxylic acids is 2. The van der Waals surface area contributed by atoms with Gasteiger partial charge in [-0.05, 0) is 66.7 Å². The van der Waals surface area contributed by atoms with Crippen LogP contribution in [0.2, 0.25) is 5.02 Å². The first-order chi connectivity index (χ1) is 14.3. The highest BCUT2D eigenvalue weighted by Crippen LogP contribution is 2.37. The molecular weight excluding hydrogens is 426 g/mol.